The second-order valence-corrected chi connectivity index (χ2v) is 9.40. The van der Waals surface area contributed by atoms with Crippen LogP contribution in [-0.4, -0.2) is 36.6 Å². The van der Waals surface area contributed by atoms with E-state index in [4.69, 9.17) is 0 Å². The maximum atomic E-state index is 13.4. The van der Waals surface area contributed by atoms with E-state index in [2.05, 4.69) is 84.3 Å². The van der Waals surface area contributed by atoms with Gasteiger partial charge in [0.25, 0.3) is 5.56 Å². The summed E-state index contributed by atoms with van der Waals surface area (Å²) in [7, 11) is 0. The Bertz CT molecular complexity index is 1290. The standard InChI is InChI=1S/C26H32N6O/c1-6-18-13-14-22-20(15-18)16-21(25(33)27-22)23(24-28-29-30-32(24)26(3,4)5)31(7-2)17-19-11-9-8-10-12-19/h8-16,23H,6-7,17H2,1-5H3,(H,27,33)/t23-/m0/s1. The van der Waals surface area contributed by atoms with E-state index in [0.717, 1.165) is 23.9 Å². The van der Waals surface area contributed by atoms with E-state index < -0.39 is 6.04 Å². The Morgan fingerprint density at radius 3 is 2.45 bits per heavy atom. The van der Waals surface area contributed by atoms with Crippen LogP contribution in [0.25, 0.3) is 10.9 Å². The van der Waals surface area contributed by atoms with Crippen molar-refractivity contribution in [2.24, 2.45) is 0 Å². The van der Waals surface area contributed by atoms with Crippen molar-refractivity contribution >= 4 is 10.9 Å². The van der Waals surface area contributed by atoms with Gasteiger partial charge < -0.3 is 4.98 Å². The van der Waals surface area contributed by atoms with Gasteiger partial charge in [-0.15, -0.1) is 5.10 Å². The van der Waals surface area contributed by atoms with Crippen molar-refractivity contribution in [3.05, 3.63) is 87.5 Å². The van der Waals surface area contributed by atoms with Crippen LogP contribution >= 0.6 is 0 Å². The SMILES string of the molecule is CCc1ccc2[nH]c(=O)c([C@@H](c3nnnn3C(C)(C)C)N(CC)Cc3ccccc3)cc2c1. The summed E-state index contributed by atoms with van der Waals surface area (Å²) in [5, 5.41) is 13.7. The van der Waals surface area contributed by atoms with E-state index in [9.17, 15) is 4.79 Å². The Balaban J connectivity index is 1.92. The molecular weight excluding hydrogens is 412 g/mol. The molecule has 1 atom stereocenters. The average Bonchev–Trinajstić information content (AvgIpc) is 3.29. The topological polar surface area (TPSA) is 79.7 Å². The first-order valence-electron chi connectivity index (χ1n) is 11.5. The number of tetrazole rings is 1. The molecule has 2 heterocycles. The quantitative estimate of drug-likeness (QED) is 0.456. The van der Waals surface area contributed by atoms with Crippen molar-refractivity contribution in [3.8, 4) is 0 Å². The first kappa shape index (κ1) is 22.9. The lowest BCUT2D eigenvalue weighted by atomic mass is 10.00. The minimum atomic E-state index is -0.400. The van der Waals surface area contributed by atoms with Gasteiger partial charge in [0.15, 0.2) is 5.82 Å². The van der Waals surface area contributed by atoms with Crippen molar-refractivity contribution in [2.45, 2.75) is 59.2 Å². The van der Waals surface area contributed by atoms with Crippen molar-refractivity contribution in [3.63, 3.8) is 0 Å². The Kier molecular flexibility index (Phi) is 6.42. The highest BCUT2D eigenvalue weighted by Gasteiger charge is 2.32. The fourth-order valence-electron chi connectivity index (χ4n) is 4.24. The molecule has 0 spiro atoms. The normalized spacial score (nSPS) is 13.0. The summed E-state index contributed by atoms with van der Waals surface area (Å²) in [5.41, 5.74) is 3.43. The highest BCUT2D eigenvalue weighted by molar-refractivity contribution is 5.80. The largest absolute Gasteiger partial charge is 0.322 e. The minimum absolute atomic E-state index is 0.119. The number of rotatable bonds is 7. The number of aromatic nitrogens is 5. The lowest BCUT2D eigenvalue weighted by Crippen LogP contribution is -2.37. The summed E-state index contributed by atoms with van der Waals surface area (Å²) in [4.78, 5) is 18.7. The minimum Gasteiger partial charge on any atom is -0.322 e. The zero-order valence-electron chi connectivity index (χ0n) is 20.0. The molecule has 0 bridgehead atoms. The predicted molar refractivity (Wildman–Crippen MR) is 131 cm³/mol. The van der Waals surface area contributed by atoms with Crippen molar-refractivity contribution in [2.75, 3.05) is 6.54 Å². The maximum Gasteiger partial charge on any atom is 0.253 e. The van der Waals surface area contributed by atoms with Crippen LogP contribution < -0.4 is 5.56 Å². The number of aryl methyl sites for hydroxylation is 1. The van der Waals surface area contributed by atoms with E-state index in [-0.39, 0.29) is 11.1 Å². The summed E-state index contributed by atoms with van der Waals surface area (Å²) < 4.78 is 1.83. The summed E-state index contributed by atoms with van der Waals surface area (Å²) in [6, 6.07) is 18.1. The van der Waals surface area contributed by atoms with Gasteiger partial charge in [-0.2, -0.15) is 0 Å². The van der Waals surface area contributed by atoms with Gasteiger partial charge >= 0.3 is 0 Å². The molecular formula is C26H32N6O. The van der Waals surface area contributed by atoms with E-state index in [1.807, 2.05) is 35.0 Å². The lowest BCUT2D eigenvalue weighted by molar-refractivity contribution is 0.202. The maximum absolute atomic E-state index is 13.4. The summed E-state index contributed by atoms with van der Waals surface area (Å²) in [5.74, 6) is 0.664. The van der Waals surface area contributed by atoms with Crippen LogP contribution in [0.3, 0.4) is 0 Å². The molecule has 4 rings (SSSR count). The highest BCUT2D eigenvalue weighted by atomic mass is 16.1. The Hall–Kier alpha value is -3.32. The third-order valence-corrected chi connectivity index (χ3v) is 6.01. The van der Waals surface area contributed by atoms with Crippen LogP contribution in [0.2, 0.25) is 0 Å². The number of hydrogen-bond donors (Lipinski definition) is 1. The Morgan fingerprint density at radius 2 is 1.79 bits per heavy atom. The van der Waals surface area contributed by atoms with Crippen molar-refractivity contribution in [1.82, 2.24) is 30.1 Å². The second-order valence-electron chi connectivity index (χ2n) is 9.40. The van der Waals surface area contributed by atoms with Crippen LogP contribution in [0.1, 0.15) is 63.2 Å². The van der Waals surface area contributed by atoms with Crippen molar-refractivity contribution in [1.29, 1.82) is 0 Å². The first-order chi connectivity index (χ1) is 15.8. The molecule has 0 aliphatic carbocycles. The van der Waals surface area contributed by atoms with Crippen LogP contribution in [0.4, 0.5) is 0 Å². The van der Waals surface area contributed by atoms with E-state index in [0.29, 0.717) is 17.9 Å². The van der Waals surface area contributed by atoms with Crippen LogP contribution in [-0.2, 0) is 18.5 Å². The number of aromatic amines is 1. The van der Waals surface area contributed by atoms with Gasteiger partial charge in [0.1, 0.15) is 6.04 Å². The number of nitrogens with one attached hydrogen (secondary N) is 1. The molecule has 4 aromatic rings. The lowest BCUT2D eigenvalue weighted by Gasteiger charge is -2.32. The molecule has 2 aromatic heterocycles. The van der Waals surface area contributed by atoms with Gasteiger partial charge in [-0.1, -0.05) is 50.2 Å². The van der Waals surface area contributed by atoms with E-state index >= 15 is 0 Å². The molecule has 33 heavy (non-hydrogen) atoms. The number of fused-ring (bicyclic) bond motifs is 1. The fraction of sp³-hybridized carbons (Fsp3) is 0.385. The molecule has 7 heteroatoms. The van der Waals surface area contributed by atoms with E-state index in [1.165, 1.54) is 11.1 Å². The molecule has 0 radical (unpaired) electrons. The highest BCUT2D eigenvalue weighted by Crippen LogP contribution is 2.30. The zero-order chi connectivity index (χ0) is 23.6. The summed E-state index contributed by atoms with van der Waals surface area (Å²) in [6.45, 7) is 11.8. The second kappa shape index (κ2) is 9.27. The predicted octanol–water partition coefficient (Wildman–Crippen LogP) is 4.44. The molecule has 0 aliphatic rings. The van der Waals surface area contributed by atoms with Gasteiger partial charge in [0.2, 0.25) is 0 Å². The van der Waals surface area contributed by atoms with Gasteiger partial charge in [0, 0.05) is 17.6 Å². The number of pyridine rings is 1. The van der Waals surface area contributed by atoms with Gasteiger partial charge in [-0.3, -0.25) is 9.69 Å². The molecule has 7 nitrogen and oxygen atoms in total. The van der Waals surface area contributed by atoms with Gasteiger partial charge in [-0.25, -0.2) is 4.68 Å². The molecule has 172 valence electrons. The third-order valence-electron chi connectivity index (χ3n) is 6.01. The van der Waals surface area contributed by atoms with Crippen LogP contribution in [0.15, 0.2) is 59.4 Å². The van der Waals surface area contributed by atoms with Gasteiger partial charge in [-0.05, 0) is 78.9 Å². The smallest absolute Gasteiger partial charge is 0.253 e. The van der Waals surface area contributed by atoms with Crippen LogP contribution in [0.5, 0.6) is 0 Å². The molecule has 1 N–H and O–H groups in total. The number of hydrogen-bond acceptors (Lipinski definition) is 5. The molecule has 0 unspecified atom stereocenters. The molecule has 0 saturated carbocycles. The Labute approximate surface area is 194 Å². The van der Waals surface area contributed by atoms with Crippen molar-refractivity contribution < 1.29 is 0 Å². The molecule has 0 fully saturated rings. The molecule has 0 aliphatic heterocycles. The first-order valence-corrected chi connectivity index (χ1v) is 11.5. The Morgan fingerprint density at radius 1 is 1.03 bits per heavy atom. The molecule has 0 amide bonds. The summed E-state index contributed by atoms with van der Waals surface area (Å²) >= 11 is 0. The zero-order valence-corrected chi connectivity index (χ0v) is 20.0. The molecule has 2 aromatic carbocycles. The van der Waals surface area contributed by atoms with Crippen LogP contribution in [0, 0.1) is 0 Å². The number of nitrogens with zero attached hydrogens (tertiary/aromatic N) is 5. The van der Waals surface area contributed by atoms with E-state index in [1.54, 1.807) is 0 Å². The molecule has 0 saturated heterocycles. The summed E-state index contributed by atoms with van der Waals surface area (Å²) in [6.07, 6.45) is 0.936. The fourth-order valence-corrected chi connectivity index (χ4v) is 4.24. The monoisotopic (exact) mass is 444 g/mol. The third kappa shape index (κ3) is 4.73. The number of benzene rings is 2. The average molecular weight is 445 g/mol. The van der Waals surface area contributed by atoms with Gasteiger partial charge in [0.05, 0.1) is 5.54 Å². The number of H-pyrrole nitrogens is 1.